The quantitative estimate of drug-likeness (QED) is 0.504. The molecule has 2 aromatic carbocycles. The van der Waals surface area contributed by atoms with Gasteiger partial charge < -0.3 is 20.7 Å². The fraction of sp³-hybridized carbons (Fsp3) is 0.364. The SMILES string of the molecule is CCCNC(=O)[C@H](C)NC(=O)COC(=O)CNC(=O)Cc1cccc2ccccc12. The summed E-state index contributed by atoms with van der Waals surface area (Å²) in [4.78, 5) is 47.4. The van der Waals surface area contributed by atoms with Gasteiger partial charge in [0, 0.05) is 6.54 Å². The minimum Gasteiger partial charge on any atom is -0.454 e. The number of hydrogen-bond acceptors (Lipinski definition) is 5. The maximum Gasteiger partial charge on any atom is 0.325 e. The number of fused-ring (bicyclic) bond motifs is 1. The van der Waals surface area contributed by atoms with E-state index in [9.17, 15) is 19.2 Å². The summed E-state index contributed by atoms with van der Waals surface area (Å²) in [5.41, 5.74) is 0.855. The van der Waals surface area contributed by atoms with E-state index in [-0.39, 0.29) is 24.8 Å². The third kappa shape index (κ3) is 7.20. The Morgan fingerprint density at radius 2 is 1.70 bits per heavy atom. The lowest BCUT2D eigenvalue weighted by molar-refractivity contribution is -0.148. The molecule has 0 aliphatic heterocycles. The smallest absolute Gasteiger partial charge is 0.325 e. The molecule has 3 amide bonds. The van der Waals surface area contributed by atoms with Crippen molar-refractivity contribution >= 4 is 34.5 Å². The first-order valence-corrected chi connectivity index (χ1v) is 9.86. The highest BCUT2D eigenvalue weighted by molar-refractivity contribution is 5.91. The molecule has 0 spiro atoms. The normalized spacial score (nSPS) is 11.4. The van der Waals surface area contributed by atoms with Gasteiger partial charge in [-0.1, -0.05) is 49.4 Å². The van der Waals surface area contributed by atoms with Crippen LogP contribution in [0, 0.1) is 0 Å². The summed E-state index contributed by atoms with van der Waals surface area (Å²) in [7, 11) is 0. The molecule has 160 valence electrons. The Hall–Kier alpha value is -3.42. The molecule has 2 rings (SSSR count). The molecule has 0 aliphatic rings. The van der Waals surface area contributed by atoms with Crippen LogP contribution in [-0.2, 0) is 30.3 Å². The third-order valence-electron chi connectivity index (χ3n) is 4.35. The second-order valence-corrected chi connectivity index (χ2v) is 6.83. The summed E-state index contributed by atoms with van der Waals surface area (Å²) >= 11 is 0. The van der Waals surface area contributed by atoms with Crippen molar-refractivity contribution in [2.24, 2.45) is 0 Å². The van der Waals surface area contributed by atoms with Crippen LogP contribution in [0.5, 0.6) is 0 Å². The van der Waals surface area contributed by atoms with Gasteiger partial charge in [-0.2, -0.15) is 0 Å². The van der Waals surface area contributed by atoms with Crippen molar-refractivity contribution in [1.29, 1.82) is 0 Å². The molecule has 30 heavy (non-hydrogen) atoms. The van der Waals surface area contributed by atoms with Crippen LogP contribution >= 0.6 is 0 Å². The first-order valence-electron chi connectivity index (χ1n) is 9.86. The van der Waals surface area contributed by atoms with E-state index in [1.165, 1.54) is 6.92 Å². The van der Waals surface area contributed by atoms with E-state index in [2.05, 4.69) is 16.0 Å². The fourth-order valence-corrected chi connectivity index (χ4v) is 2.80. The molecule has 8 heteroatoms. The standard InChI is InChI=1S/C22H27N3O5/c1-3-11-23-22(29)15(2)25-20(27)14-30-21(28)13-24-19(26)12-17-9-6-8-16-7-4-5-10-18(16)17/h4-10,15H,3,11-14H2,1-2H3,(H,23,29)(H,24,26)(H,25,27)/t15-/m0/s1. The lowest BCUT2D eigenvalue weighted by Crippen LogP contribution is -2.46. The van der Waals surface area contributed by atoms with Crippen molar-refractivity contribution in [1.82, 2.24) is 16.0 Å². The molecule has 0 fully saturated rings. The summed E-state index contributed by atoms with van der Waals surface area (Å²) in [5.74, 6) is -1.96. The van der Waals surface area contributed by atoms with Gasteiger partial charge in [0.15, 0.2) is 6.61 Å². The average molecular weight is 413 g/mol. The Labute approximate surface area is 175 Å². The zero-order valence-electron chi connectivity index (χ0n) is 17.2. The fourth-order valence-electron chi connectivity index (χ4n) is 2.80. The van der Waals surface area contributed by atoms with E-state index < -0.39 is 24.5 Å². The molecule has 0 bridgehead atoms. The lowest BCUT2D eigenvalue weighted by atomic mass is 10.0. The summed E-state index contributed by atoms with van der Waals surface area (Å²) in [6, 6.07) is 12.7. The van der Waals surface area contributed by atoms with Gasteiger partial charge in [-0.3, -0.25) is 19.2 Å². The Morgan fingerprint density at radius 3 is 2.47 bits per heavy atom. The maximum atomic E-state index is 12.2. The van der Waals surface area contributed by atoms with E-state index in [0.29, 0.717) is 6.54 Å². The summed E-state index contributed by atoms with van der Waals surface area (Å²) < 4.78 is 4.84. The minimum atomic E-state index is -0.737. The van der Waals surface area contributed by atoms with Crippen LogP contribution in [0.25, 0.3) is 10.8 Å². The molecule has 0 saturated heterocycles. The third-order valence-corrected chi connectivity index (χ3v) is 4.35. The molecule has 0 aromatic heterocycles. The monoisotopic (exact) mass is 413 g/mol. The summed E-state index contributed by atoms with van der Waals surface area (Å²) in [6.45, 7) is 3.11. The van der Waals surface area contributed by atoms with Crippen LogP contribution in [0.1, 0.15) is 25.8 Å². The number of carbonyl (C=O) groups excluding carboxylic acids is 4. The van der Waals surface area contributed by atoms with Crippen LogP contribution in [-0.4, -0.2) is 49.4 Å². The topological polar surface area (TPSA) is 114 Å². The van der Waals surface area contributed by atoms with Crippen molar-refractivity contribution in [2.75, 3.05) is 19.7 Å². The van der Waals surface area contributed by atoms with Gasteiger partial charge in [0.2, 0.25) is 11.8 Å². The highest BCUT2D eigenvalue weighted by Crippen LogP contribution is 2.18. The molecule has 0 heterocycles. The van der Waals surface area contributed by atoms with Crippen LogP contribution in [0.4, 0.5) is 0 Å². The minimum absolute atomic E-state index is 0.125. The van der Waals surface area contributed by atoms with Gasteiger partial charge in [-0.05, 0) is 29.7 Å². The van der Waals surface area contributed by atoms with Gasteiger partial charge in [0.1, 0.15) is 12.6 Å². The number of carbonyl (C=O) groups is 4. The van der Waals surface area contributed by atoms with E-state index >= 15 is 0 Å². The number of esters is 1. The number of amides is 3. The lowest BCUT2D eigenvalue weighted by Gasteiger charge is -2.14. The second-order valence-electron chi connectivity index (χ2n) is 6.83. The Balaban J connectivity index is 1.72. The number of rotatable bonds is 10. The first-order chi connectivity index (χ1) is 14.4. The summed E-state index contributed by atoms with van der Waals surface area (Å²) in [6.07, 6.45) is 0.912. The number of ether oxygens (including phenoxy) is 1. The van der Waals surface area contributed by atoms with Gasteiger partial charge >= 0.3 is 5.97 Å². The zero-order chi connectivity index (χ0) is 21.9. The highest BCUT2D eigenvalue weighted by atomic mass is 16.5. The van der Waals surface area contributed by atoms with Crippen molar-refractivity contribution in [3.63, 3.8) is 0 Å². The van der Waals surface area contributed by atoms with Crippen molar-refractivity contribution in [2.45, 2.75) is 32.7 Å². The van der Waals surface area contributed by atoms with Crippen LogP contribution in [0.15, 0.2) is 42.5 Å². The molecule has 8 nitrogen and oxygen atoms in total. The second kappa shape index (κ2) is 11.5. The molecule has 0 unspecified atom stereocenters. The zero-order valence-corrected chi connectivity index (χ0v) is 17.2. The number of nitrogens with one attached hydrogen (secondary N) is 3. The van der Waals surface area contributed by atoms with E-state index in [4.69, 9.17) is 4.74 Å². The average Bonchev–Trinajstić information content (AvgIpc) is 2.74. The highest BCUT2D eigenvalue weighted by Gasteiger charge is 2.16. The van der Waals surface area contributed by atoms with Crippen LogP contribution in [0.3, 0.4) is 0 Å². The first kappa shape index (κ1) is 22.9. The Kier molecular flexibility index (Phi) is 8.80. The van der Waals surface area contributed by atoms with Crippen molar-refractivity contribution in [3.8, 4) is 0 Å². The summed E-state index contributed by atoms with van der Waals surface area (Å²) in [5, 5.41) is 9.60. The Morgan fingerprint density at radius 1 is 0.967 bits per heavy atom. The van der Waals surface area contributed by atoms with Gasteiger partial charge in [-0.15, -0.1) is 0 Å². The van der Waals surface area contributed by atoms with Gasteiger partial charge in [0.05, 0.1) is 6.42 Å². The van der Waals surface area contributed by atoms with E-state index in [0.717, 1.165) is 22.8 Å². The molecule has 0 radical (unpaired) electrons. The van der Waals surface area contributed by atoms with Crippen LogP contribution < -0.4 is 16.0 Å². The molecular formula is C22H27N3O5. The molecule has 0 saturated carbocycles. The van der Waals surface area contributed by atoms with Crippen LogP contribution in [0.2, 0.25) is 0 Å². The number of benzene rings is 2. The van der Waals surface area contributed by atoms with Gasteiger partial charge in [0.25, 0.3) is 5.91 Å². The molecular weight excluding hydrogens is 386 g/mol. The van der Waals surface area contributed by atoms with Crippen molar-refractivity contribution < 1.29 is 23.9 Å². The largest absolute Gasteiger partial charge is 0.454 e. The predicted octanol–water partition coefficient (Wildman–Crippen LogP) is 1.07. The molecule has 0 aliphatic carbocycles. The Bertz CT molecular complexity index is 907. The maximum absolute atomic E-state index is 12.2. The van der Waals surface area contributed by atoms with Gasteiger partial charge in [-0.25, -0.2) is 0 Å². The molecule has 3 N–H and O–H groups in total. The van der Waals surface area contributed by atoms with Crippen molar-refractivity contribution in [3.05, 3.63) is 48.0 Å². The van der Waals surface area contributed by atoms with E-state index in [1.54, 1.807) is 0 Å². The molecule has 2 aromatic rings. The predicted molar refractivity (Wildman–Crippen MR) is 113 cm³/mol. The number of hydrogen-bond donors (Lipinski definition) is 3. The molecule has 1 atom stereocenters. The van der Waals surface area contributed by atoms with E-state index in [1.807, 2.05) is 49.4 Å².